The number of halogens is 2. The van der Waals surface area contributed by atoms with E-state index < -0.39 is 26.6 Å². The second kappa shape index (κ2) is 5.21. The van der Waals surface area contributed by atoms with Crippen LogP contribution in [0.1, 0.15) is 25.7 Å². The largest absolute Gasteiger partial charge is 0.399 e. The molecule has 0 unspecified atom stereocenters. The monoisotopic (exact) mass is 316 g/mol. The number of benzene rings is 1. The van der Waals surface area contributed by atoms with Crippen molar-refractivity contribution in [2.45, 2.75) is 30.6 Å². The van der Waals surface area contributed by atoms with Gasteiger partial charge >= 0.3 is 0 Å². The number of nitrogens with two attached hydrogens (primary N) is 1. The summed E-state index contributed by atoms with van der Waals surface area (Å²) in [6.45, 7) is 0.699. The van der Waals surface area contributed by atoms with Crippen molar-refractivity contribution in [1.29, 1.82) is 0 Å². The number of hydrogen-bond acceptors (Lipinski definition) is 3. The van der Waals surface area contributed by atoms with Crippen LogP contribution in [0.4, 0.5) is 14.5 Å². The van der Waals surface area contributed by atoms with Gasteiger partial charge in [0, 0.05) is 18.8 Å². The first-order valence-electron chi connectivity index (χ1n) is 7.12. The molecule has 0 radical (unpaired) electrons. The second-order valence-corrected chi connectivity index (χ2v) is 7.90. The zero-order valence-corrected chi connectivity index (χ0v) is 12.4. The van der Waals surface area contributed by atoms with Crippen molar-refractivity contribution in [2.75, 3.05) is 18.8 Å². The summed E-state index contributed by atoms with van der Waals surface area (Å²) >= 11 is 0. The van der Waals surface area contributed by atoms with Gasteiger partial charge in [0.05, 0.1) is 0 Å². The Balaban J connectivity index is 1.95. The summed E-state index contributed by atoms with van der Waals surface area (Å²) in [6.07, 6.45) is 3.90. The summed E-state index contributed by atoms with van der Waals surface area (Å²) in [5.41, 5.74) is 5.22. The zero-order valence-electron chi connectivity index (χ0n) is 11.6. The Labute approximate surface area is 123 Å². The molecule has 2 N–H and O–H groups in total. The van der Waals surface area contributed by atoms with Crippen molar-refractivity contribution in [1.82, 2.24) is 4.31 Å². The van der Waals surface area contributed by atoms with Crippen LogP contribution < -0.4 is 5.73 Å². The minimum absolute atomic E-state index is 0.125. The van der Waals surface area contributed by atoms with E-state index in [1.165, 1.54) is 4.31 Å². The van der Waals surface area contributed by atoms with E-state index in [-0.39, 0.29) is 5.69 Å². The highest BCUT2D eigenvalue weighted by Gasteiger charge is 2.38. The Morgan fingerprint density at radius 1 is 1.05 bits per heavy atom. The smallest absolute Gasteiger partial charge is 0.248 e. The van der Waals surface area contributed by atoms with E-state index in [0.717, 1.165) is 37.8 Å². The van der Waals surface area contributed by atoms with Gasteiger partial charge in [-0.05, 0) is 49.7 Å². The minimum Gasteiger partial charge on any atom is -0.399 e. The Morgan fingerprint density at radius 2 is 1.48 bits per heavy atom. The molecular formula is C14H18F2N2O2S. The van der Waals surface area contributed by atoms with Gasteiger partial charge in [0.1, 0.15) is 11.6 Å². The molecule has 4 nitrogen and oxygen atoms in total. The molecule has 0 amide bonds. The van der Waals surface area contributed by atoms with Crippen LogP contribution in [-0.4, -0.2) is 25.8 Å². The quantitative estimate of drug-likeness (QED) is 0.820. The molecular weight excluding hydrogens is 298 g/mol. The molecule has 3 rings (SSSR count). The number of rotatable bonds is 6. The molecule has 2 aliphatic carbocycles. The van der Waals surface area contributed by atoms with E-state index in [9.17, 15) is 17.2 Å². The Hall–Kier alpha value is -1.21. The Bertz CT molecular complexity index is 618. The molecule has 2 fully saturated rings. The van der Waals surface area contributed by atoms with Crippen molar-refractivity contribution in [3.05, 3.63) is 23.8 Å². The van der Waals surface area contributed by atoms with Gasteiger partial charge in [-0.15, -0.1) is 0 Å². The summed E-state index contributed by atoms with van der Waals surface area (Å²) in [5, 5.41) is 0. The summed E-state index contributed by atoms with van der Waals surface area (Å²) < 4.78 is 54.4. The van der Waals surface area contributed by atoms with Gasteiger partial charge in [0.25, 0.3) is 0 Å². The molecule has 0 spiro atoms. The molecule has 1 aromatic carbocycles. The molecule has 0 bridgehead atoms. The van der Waals surface area contributed by atoms with E-state index in [0.29, 0.717) is 24.9 Å². The van der Waals surface area contributed by atoms with Crippen LogP contribution in [0.2, 0.25) is 0 Å². The molecule has 21 heavy (non-hydrogen) atoms. The molecule has 0 aliphatic heterocycles. The predicted octanol–water partition coefficient (Wildman–Crippen LogP) is 2.36. The van der Waals surface area contributed by atoms with Crippen LogP contribution in [0.15, 0.2) is 17.0 Å². The highest BCUT2D eigenvalue weighted by atomic mass is 32.2. The molecule has 2 aliphatic rings. The van der Waals surface area contributed by atoms with Crippen LogP contribution in [0.25, 0.3) is 0 Å². The normalized spacial score (nSPS) is 19.2. The Morgan fingerprint density at radius 3 is 1.86 bits per heavy atom. The molecule has 1 aromatic rings. The first kappa shape index (κ1) is 14.7. The van der Waals surface area contributed by atoms with Gasteiger partial charge in [-0.3, -0.25) is 0 Å². The molecule has 0 saturated heterocycles. The lowest BCUT2D eigenvalue weighted by Crippen LogP contribution is -2.35. The first-order valence-corrected chi connectivity index (χ1v) is 8.56. The third-order valence-corrected chi connectivity index (χ3v) is 5.82. The van der Waals surface area contributed by atoms with Crippen LogP contribution in [0.5, 0.6) is 0 Å². The van der Waals surface area contributed by atoms with Crippen molar-refractivity contribution in [2.24, 2.45) is 11.8 Å². The molecule has 0 aromatic heterocycles. The van der Waals surface area contributed by atoms with E-state index >= 15 is 0 Å². The second-order valence-electron chi connectivity index (χ2n) is 6.02. The summed E-state index contributed by atoms with van der Waals surface area (Å²) in [4.78, 5) is -0.877. The summed E-state index contributed by atoms with van der Waals surface area (Å²) in [7, 11) is -4.16. The lowest BCUT2D eigenvalue weighted by Gasteiger charge is -2.22. The van der Waals surface area contributed by atoms with E-state index in [2.05, 4.69) is 0 Å². The van der Waals surface area contributed by atoms with E-state index in [4.69, 9.17) is 5.73 Å². The van der Waals surface area contributed by atoms with Crippen molar-refractivity contribution in [3.63, 3.8) is 0 Å². The van der Waals surface area contributed by atoms with Gasteiger partial charge in [0.2, 0.25) is 10.0 Å². The number of hydrogen-bond donors (Lipinski definition) is 1. The maximum absolute atomic E-state index is 13.9. The van der Waals surface area contributed by atoms with Crippen LogP contribution in [-0.2, 0) is 10.0 Å². The number of nitrogen functional groups attached to an aromatic ring is 1. The SMILES string of the molecule is Nc1cc(F)c(S(=O)(=O)N(CC2CC2)CC2CC2)c(F)c1. The highest BCUT2D eigenvalue weighted by molar-refractivity contribution is 7.89. The van der Waals surface area contributed by atoms with E-state index in [1.807, 2.05) is 0 Å². The van der Waals surface area contributed by atoms with E-state index in [1.54, 1.807) is 0 Å². The fourth-order valence-corrected chi connectivity index (χ4v) is 4.09. The summed E-state index contributed by atoms with van der Waals surface area (Å²) in [6, 6.07) is 1.70. The topological polar surface area (TPSA) is 63.4 Å². The van der Waals surface area contributed by atoms with Crippen molar-refractivity contribution >= 4 is 15.7 Å². The van der Waals surface area contributed by atoms with Crippen LogP contribution in [0.3, 0.4) is 0 Å². The predicted molar refractivity (Wildman–Crippen MR) is 75.0 cm³/mol. The highest BCUT2D eigenvalue weighted by Crippen LogP contribution is 2.36. The van der Waals surface area contributed by atoms with Crippen molar-refractivity contribution < 1.29 is 17.2 Å². The number of nitrogens with zero attached hydrogens (tertiary/aromatic N) is 1. The molecule has 2 saturated carbocycles. The minimum atomic E-state index is -4.16. The van der Waals surface area contributed by atoms with Gasteiger partial charge in [-0.2, -0.15) is 4.31 Å². The third kappa shape index (κ3) is 3.18. The number of sulfonamides is 1. The molecule has 0 atom stereocenters. The fraction of sp³-hybridized carbons (Fsp3) is 0.571. The maximum Gasteiger partial charge on any atom is 0.248 e. The maximum atomic E-state index is 13.9. The zero-order chi connectivity index (χ0) is 15.2. The van der Waals surface area contributed by atoms with Gasteiger partial charge in [-0.25, -0.2) is 17.2 Å². The average molecular weight is 316 g/mol. The summed E-state index contributed by atoms with van der Waals surface area (Å²) in [5.74, 6) is -1.61. The standard InChI is InChI=1S/C14H18F2N2O2S/c15-12-5-11(17)6-13(16)14(12)21(19,20)18(7-9-1-2-9)8-10-3-4-10/h5-6,9-10H,1-4,7-8,17H2. The van der Waals surface area contributed by atoms with Crippen molar-refractivity contribution in [3.8, 4) is 0 Å². The third-order valence-electron chi connectivity index (χ3n) is 3.94. The lowest BCUT2D eigenvalue weighted by atomic mass is 10.3. The fourth-order valence-electron chi connectivity index (χ4n) is 2.40. The Kier molecular flexibility index (Phi) is 3.65. The van der Waals surface area contributed by atoms with Gasteiger partial charge in [-0.1, -0.05) is 0 Å². The average Bonchev–Trinajstić information content (AvgIpc) is 3.20. The van der Waals surface area contributed by atoms with Crippen LogP contribution >= 0.6 is 0 Å². The first-order chi connectivity index (χ1) is 9.88. The van der Waals surface area contributed by atoms with Gasteiger partial charge in [0.15, 0.2) is 4.90 Å². The number of anilines is 1. The lowest BCUT2D eigenvalue weighted by molar-refractivity contribution is 0.376. The van der Waals surface area contributed by atoms with Crippen LogP contribution in [0, 0.1) is 23.5 Å². The molecule has 116 valence electrons. The molecule has 0 heterocycles. The van der Waals surface area contributed by atoms with Gasteiger partial charge < -0.3 is 5.73 Å². The molecule has 7 heteroatoms.